The van der Waals surface area contributed by atoms with E-state index in [1.54, 1.807) is 32.1 Å². The minimum absolute atomic E-state index is 0.0278. The summed E-state index contributed by atoms with van der Waals surface area (Å²) < 4.78 is 25.5. The van der Waals surface area contributed by atoms with Gasteiger partial charge in [-0.25, -0.2) is 13.4 Å². The molecule has 0 unspecified atom stereocenters. The SMILES string of the molecule is Cc1cc(S(=O)(=O)CC2=NN(C)C(=O)C2=CN(C)C)c(Cl)cc1Cl. The summed E-state index contributed by atoms with van der Waals surface area (Å²) in [7, 11) is 1.17. The van der Waals surface area contributed by atoms with Crippen LogP contribution in [0.4, 0.5) is 0 Å². The summed E-state index contributed by atoms with van der Waals surface area (Å²) in [6.07, 6.45) is 1.55. The zero-order valence-corrected chi connectivity index (χ0v) is 16.0. The molecule has 0 saturated carbocycles. The lowest BCUT2D eigenvalue weighted by Crippen LogP contribution is -2.22. The number of hydrogen-bond acceptors (Lipinski definition) is 5. The van der Waals surface area contributed by atoms with Gasteiger partial charge in [-0.1, -0.05) is 23.2 Å². The van der Waals surface area contributed by atoms with E-state index < -0.39 is 15.6 Å². The lowest BCUT2D eigenvalue weighted by atomic mass is 10.2. The molecule has 1 aliphatic heterocycles. The first-order valence-corrected chi connectivity index (χ1v) is 9.36. The molecule has 9 heteroatoms. The van der Waals surface area contributed by atoms with Crippen LogP contribution in [-0.4, -0.2) is 56.8 Å². The van der Waals surface area contributed by atoms with E-state index in [4.69, 9.17) is 23.2 Å². The van der Waals surface area contributed by atoms with E-state index in [0.29, 0.717) is 10.6 Å². The summed E-state index contributed by atoms with van der Waals surface area (Å²) in [5.41, 5.74) is 1.03. The highest BCUT2D eigenvalue weighted by Gasteiger charge is 2.32. The van der Waals surface area contributed by atoms with Crippen molar-refractivity contribution in [1.82, 2.24) is 9.91 Å². The third-order valence-corrected chi connectivity index (χ3v) is 5.86. The first-order valence-electron chi connectivity index (χ1n) is 6.95. The van der Waals surface area contributed by atoms with Gasteiger partial charge < -0.3 is 4.90 Å². The summed E-state index contributed by atoms with van der Waals surface area (Å²) in [6.45, 7) is 1.69. The largest absolute Gasteiger partial charge is 0.383 e. The maximum atomic E-state index is 12.7. The Labute approximate surface area is 151 Å². The smallest absolute Gasteiger partial charge is 0.277 e. The highest BCUT2D eigenvalue weighted by atomic mass is 35.5. The van der Waals surface area contributed by atoms with E-state index >= 15 is 0 Å². The van der Waals surface area contributed by atoms with Gasteiger partial charge in [0.25, 0.3) is 5.91 Å². The van der Waals surface area contributed by atoms with Gasteiger partial charge >= 0.3 is 0 Å². The molecule has 0 N–H and O–H groups in total. The van der Waals surface area contributed by atoms with E-state index in [2.05, 4.69) is 5.10 Å². The number of benzene rings is 1. The van der Waals surface area contributed by atoms with Crippen LogP contribution in [0.2, 0.25) is 10.0 Å². The van der Waals surface area contributed by atoms with Crippen molar-refractivity contribution < 1.29 is 13.2 Å². The summed E-state index contributed by atoms with van der Waals surface area (Å²) in [5.74, 6) is -0.781. The maximum Gasteiger partial charge on any atom is 0.277 e. The van der Waals surface area contributed by atoms with Crippen LogP contribution in [0.25, 0.3) is 0 Å². The Hall–Kier alpha value is -1.57. The molecule has 0 fully saturated rings. The highest BCUT2D eigenvalue weighted by molar-refractivity contribution is 7.92. The number of sulfone groups is 1. The Kier molecular flexibility index (Phi) is 5.27. The first-order chi connectivity index (χ1) is 11.0. The van der Waals surface area contributed by atoms with Crippen molar-refractivity contribution in [1.29, 1.82) is 0 Å². The van der Waals surface area contributed by atoms with Gasteiger partial charge in [0.15, 0.2) is 9.84 Å². The fourth-order valence-corrected chi connectivity index (χ4v) is 4.38. The number of nitrogens with zero attached hydrogens (tertiary/aromatic N) is 3. The van der Waals surface area contributed by atoms with Crippen LogP contribution < -0.4 is 0 Å². The molecule has 0 aliphatic carbocycles. The summed E-state index contributed by atoms with van der Waals surface area (Å²) in [5, 5.41) is 5.59. The van der Waals surface area contributed by atoms with Crippen LogP contribution in [0.5, 0.6) is 0 Å². The normalized spacial score (nSPS) is 16.8. The molecule has 1 aromatic rings. The lowest BCUT2D eigenvalue weighted by Gasteiger charge is -2.10. The molecular formula is C15H17Cl2N3O3S. The van der Waals surface area contributed by atoms with Gasteiger partial charge in [-0.05, 0) is 24.6 Å². The predicted molar refractivity (Wildman–Crippen MR) is 95.2 cm³/mol. The Balaban J connectivity index is 2.44. The number of hydrazone groups is 1. The molecule has 1 aliphatic rings. The Morgan fingerprint density at radius 3 is 2.46 bits per heavy atom. The van der Waals surface area contributed by atoms with Crippen molar-refractivity contribution in [3.05, 3.63) is 39.5 Å². The summed E-state index contributed by atoms with van der Waals surface area (Å²) in [4.78, 5) is 13.8. The van der Waals surface area contributed by atoms with Crippen molar-refractivity contribution in [3.63, 3.8) is 0 Å². The van der Waals surface area contributed by atoms with Crippen LogP contribution in [0.3, 0.4) is 0 Å². The molecular weight excluding hydrogens is 373 g/mol. The standard InChI is InChI=1S/C15H17Cl2N3O3S/c1-9-5-14(12(17)6-11(9)16)24(22,23)8-13-10(7-19(2)3)15(21)20(4)18-13/h5-7H,8H2,1-4H3. The van der Waals surface area contributed by atoms with Crippen molar-refractivity contribution in [2.24, 2.45) is 5.10 Å². The van der Waals surface area contributed by atoms with Gasteiger partial charge in [0.2, 0.25) is 0 Å². The fraction of sp³-hybridized carbons (Fsp3) is 0.333. The number of amides is 1. The van der Waals surface area contributed by atoms with Crippen LogP contribution in [0, 0.1) is 6.92 Å². The average molecular weight is 390 g/mol. The molecule has 130 valence electrons. The van der Waals surface area contributed by atoms with Gasteiger partial charge in [0.1, 0.15) is 0 Å². The number of carbonyl (C=O) groups excluding carboxylic acids is 1. The molecule has 1 aromatic carbocycles. The quantitative estimate of drug-likeness (QED) is 0.740. The number of hydrogen-bond donors (Lipinski definition) is 0. The van der Waals surface area contributed by atoms with E-state index in [9.17, 15) is 13.2 Å². The first kappa shape index (κ1) is 18.8. The van der Waals surface area contributed by atoms with Crippen molar-refractivity contribution >= 4 is 44.7 Å². The number of carbonyl (C=O) groups is 1. The van der Waals surface area contributed by atoms with Gasteiger partial charge in [-0.3, -0.25) is 4.79 Å². The van der Waals surface area contributed by atoms with Gasteiger partial charge in [-0.2, -0.15) is 5.10 Å². The second-order valence-electron chi connectivity index (χ2n) is 5.67. The molecule has 1 heterocycles. The summed E-state index contributed by atoms with van der Waals surface area (Å²) in [6, 6.07) is 2.83. The molecule has 0 radical (unpaired) electrons. The highest BCUT2D eigenvalue weighted by Crippen LogP contribution is 2.30. The number of aryl methyl sites for hydroxylation is 1. The molecule has 2 rings (SSSR count). The van der Waals surface area contributed by atoms with Crippen molar-refractivity contribution in [3.8, 4) is 0 Å². The van der Waals surface area contributed by atoms with E-state index in [1.807, 2.05) is 0 Å². The second kappa shape index (κ2) is 6.74. The van der Waals surface area contributed by atoms with E-state index in [-0.39, 0.29) is 27.1 Å². The van der Waals surface area contributed by atoms with Crippen molar-refractivity contribution in [2.75, 3.05) is 26.9 Å². The average Bonchev–Trinajstić information content (AvgIpc) is 2.69. The number of likely N-dealkylation sites (N-methyl/N-ethyl adjacent to an activating group) is 1. The zero-order valence-electron chi connectivity index (χ0n) is 13.7. The molecule has 24 heavy (non-hydrogen) atoms. The molecule has 0 aromatic heterocycles. The molecule has 1 amide bonds. The van der Waals surface area contributed by atoms with E-state index in [1.165, 1.54) is 19.2 Å². The molecule has 6 nitrogen and oxygen atoms in total. The topological polar surface area (TPSA) is 70.0 Å². The Morgan fingerprint density at radius 1 is 1.25 bits per heavy atom. The Bertz CT molecular complexity index is 861. The molecule has 0 spiro atoms. The number of halogens is 2. The van der Waals surface area contributed by atoms with Crippen LogP contribution in [0.15, 0.2) is 33.9 Å². The minimum atomic E-state index is -3.79. The van der Waals surface area contributed by atoms with Crippen LogP contribution in [0.1, 0.15) is 5.56 Å². The third-order valence-electron chi connectivity index (χ3n) is 3.37. The predicted octanol–water partition coefficient (Wildman–Crippen LogP) is 2.35. The molecule has 0 bridgehead atoms. The zero-order chi connectivity index (χ0) is 18.2. The van der Waals surface area contributed by atoms with Crippen LogP contribution >= 0.6 is 23.2 Å². The minimum Gasteiger partial charge on any atom is -0.383 e. The summed E-state index contributed by atoms with van der Waals surface area (Å²) >= 11 is 12.0. The number of rotatable bonds is 4. The van der Waals surface area contributed by atoms with E-state index in [0.717, 1.165) is 5.01 Å². The Morgan fingerprint density at radius 2 is 1.88 bits per heavy atom. The molecule has 0 saturated heterocycles. The van der Waals surface area contributed by atoms with Gasteiger partial charge in [-0.15, -0.1) is 0 Å². The fourth-order valence-electron chi connectivity index (χ4n) is 2.20. The van der Waals surface area contributed by atoms with Crippen LogP contribution in [-0.2, 0) is 14.6 Å². The van der Waals surface area contributed by atoms with Gasteiger partial charge in [0, 0.05) is 32.4 Å². The third kappa shape index (κ3) is 3.74. The van der Waals surface area contributed by atoms with Gasteiger partial charge in [0.05, 0.1) is 27.0 Å². The molecule has 0 atom stereocenters. The van der Waals surface area contributed by atoms with Crippen molar-refractivity contribution in [2.45, 2.75) is 11.8 Å². The monoisotopic (exact) mass is 389 g/mol. The lowest BCUT2D eigenvalue weighted by molar-refractivity contribution is -0.124. The second-order valence-corrected chi connectivity index (χ2v) is 8.45. The maximum absolute atomic E-state index is 12.7.